The highest BCUT2D eigenvalue weighted by molar-refractivity contribution is 7.89. The molecule has 0 radical (unpaired) electrons. The molecule has 2 aromatic carbocycles. The topological polar surface area (TPSA) is 90.9 Å². The molecule has 0 spiro atoms. The first-order chi connectivity index (χ1) is 13.0. The zero-order chi connectivity index (χ0) is 19.7. The van der Waals surface area contributed by atoms with Gasteiger partial charge in [0.1, 0.15) is 12.4 Å². The molecule has 0 fully saturated rings. The van der Waals surface area contributed by atoms with Gasteiger partial charge >= 0.3 is 5.97 Å². The number of hydrogen-bond donors (Lipinski definition) is 1. The monoisotopic (exact) mass is 393 g/mol. The number of hydrogen-bond acceptors (Lipinski definition) is 6. The minimum Gasteiger partial charge on any atom is -0.491 e. The van der Waals surface area contributed by atoms with Gasteiger partial charge in [-0.3, -0.25) is 0 Å². The number of ether oxygens (including phenoxy) is 3. The van der Waals surface area contributed by atoms with E-state index in [4.69, 9.17) is 14.2 Å². The molecular formula is C19H23NO6S. The van der Waals surface area contributed by atoms with Crippen molar-refractivity contribution >= 4 is 16.0 Å². The SMILES string of the molecule is CCOC(=O)c1ccc(S(=O)(=O)NCc2ccc(OCCOC)cc2)cc1. The van der Waals surface area contributed by atoms with E-state index in [9.17, 15) is 13.2 Å². The summed E-state index contributed by atoms with van der Waals surface area (Å²) in [6.07, 6.45) is 0. The highest BCUT2D eigenvalue weighted by Crippen LogP contribution is 2.14. The van der Waals surface area contributed by atoms with Crippen LogP contribution in [0.3, 0.4) is 0 Å². The van der Waals surface area contributed by atoms with Crippen LogP contribution in [0.5, 0.6) is 5.75 Å². The lowest BCUT2D eigenvalue weighted by molar-refractivity contribution is 0.0526. The summed E-state index contributed by atoms with van der Waals surface area (Å²) >= 11 is 0. The molecule has 0 atom stereocenters. The summed E-state index contributed by atoms with van der Waals surface area (Å²) < 4.78 is 42.6. The standard InChI is InChI=1S/C19H23NO6S/c1-3-25-19(21)16-6-10-18(11-7-16)27(22,23)20-14-15-4-8-17(9-5-15)26-13-12-24-2/h4-11,20H,3,12-14H2,1-2H3. The van der Waals surface area contributed by atoms with Crippen molar-refractivity contribution in [3.63, 3.8) is 0 Å². The lowest BCUT2D eigenvalue weighted by atomic mass is 10.2. The van der Waals surface area contributed by atoms with Crippen molar-refractivity contribution in [2.24, 2.45) is 0 Å². The van der Waals surface area contributed by atoms with E-state index < -0.39 is 16.0 Å². The van der Waals surface area contributed by atoms with Crippen LogP contribution in [0.1, 0.15) is 22.8 Å². The van der Waals surface area contributed by atoms with E-state index in [1.54, 1.807) is 38.3 Å². The number of nitrogens with one attached hydrogen (secondary N) is 1. The Morgan fingerprint density at radius 3 is 2.26 bits per heavy atom. The largest absolute Gasteiger partial charge is 0.491 e. The van der Waals surface area contributed by atoms with Crippen molar-refractivity contribution in [2.75, 3.05) is 26.9 Å². The number of carbonyl (C=O) groups excluding carboxylic acids is 1. The van der Waals surface area contributed by atoms with Gasteiger partial charge in [-0.15, -0.1) is 0 Å². The Balaban J connectivity index is 1.95. The lowest BCUT2D eigenvalue weighted by Gasteiger charge is -2.09. The fourth-order valence-electron chi connectivity index (χ4n) is 2.19. The molecule has 0 heterocycles. The molecular weight excluding hydrogens is 370 g/mol. The van der Waals surface area contributed by atoms with E-state index in [1.807, 2.05) is 0 Å². The molecule has 146 valence electrons. The molecule has 2 aromatic rings. The number of carbonyl (C=O) groups is 1. The molecule has 0 aliphatic heterocycles. The summed E-state index contributed by atoms with van der Waals surface area (Å²) in [5, 5.41) is 0. The van der Waals surface area contributed by atoms with Gasteiger partial charge in [0.25, 0.3) is 0 Å². The maximum Gasteiger partial charge on any atom is 0.338 e. The van der Waals surface area contributed by atoms with Crippen LogP contribution in [0.2, 0.25) is 0 Å². The number of esters is 1. The zero-order valence-corrected chi connectivity index (χ0v) is 16.1. The average molecular weight is 393 g/mol. The van der Waals surface area contributed by atoms with Crippen LogP contribution in [0.15, 0.2) is 53.4 Å². The summed E-state index contributed by atoms with van der Waals surface area (Å²) in [5.74, 6) is 0.204. The molecule has 8 heteroatoms. The van der Waals surface area contributed by atoms with Crippen LogP contribution in [0, 0.1) is 0 Å². The molecule has 2 rings (SSSR count). The average Bonchev–Trinajstić information content (AvgIpc) is 2.68. The molecule has 0 bridgehead atoms. The number of rotatable bonds is 10. The van der Waals surface area contributed by atoms with Gasteiger partial charge in [-0.2, -0.15) is 0 Å². The molecule has 27 heavy (non-hydrogen) atoms. The van der Waals surface area contributed by atoms with Crippen molar-refractivity contribution in [3.8, 4) is 5.75 Å². The predicted octanol–water partition coefficient (Wildman–Crippen LogP) is 2.37. The van der Waals surface area contributed by atoms with Crippen molar-refractivity contribution in [1.29, 1.82) is 0 Å². The number of benzene rings is 2. The Kier molecular flexibility index (Phi) is 7.78. The molecule has 7 nitrogen and oxygen atoms in total. The second-order valence-electron chi connectivity index (χ2n) is 5.55. The summed E-state index contributed by atoms with van der Waals surface area (Å²) in [7, 11) is -2.09. The van der Waals surface area contributed by atoms with Crippen LogP contribution in [-0.4, -0.2) is 41.3 Å². The summed E-state index contributed by atoms with van der Waals surface area (Å²) in [5.41, 5.74) is 1.10. The lowest BCUT2D eigenvalue weighted by Crippen LogP contribution is -2.23. The Morgan fingerprint density at radius 2 is 1.67 bits per heavy atom. The van der Waals surface area contributed by atoms with Gasteiger partial charge in [0.05, 0.1) is 23.7 Å². The van der Waals surface area contributed by atoms with Crippen molar-refractivity contribution in [2.45, 2.75) is 18.4 Å². The summed E-state index contributed by atoms with van der Waals surface area (Å²) in [4.78, 5) is 11.7. The van der Waals surface area contributed by atoms with E-state index >= 15 is 0 Å². The van der Waals surface area contributed by atoms with E-state index in [0.717, 1.165) is 5.56 Å². The molecule has 0 saturated heterocycles. The smallest absolute Gasteiger partial charge is 0.338 e. The Labute approximate surface area is 159 Å². The van der Waals surface area contributed by atoms with Crippen LogP contribution in [0.4, 0.5) is 0 Å². The number of methoxy groups -OCH3 is 1. The minimum absolute atomic E-state index is 0.0788. The van der Waals surface area contributed by atoms with Gasteiger partial charge in [-0.05, 0) is 48.9 Å². The van der Waals surface area contributed by atoms with Crippen LogP contribution < -0.4 is 9.46 Å². The third-order valence-electron chi connectivity index (χ3n) is 3.62. The van der Waals surface area contributed by atoms with Gasteiger partial charge in [0.2, 0.25) is 10.0 Å². The summed E-state index contributed by atoms with van der Waals surface area (Å²) in [6.45, 7) is 3.05. The molecule has 0 aromatic heterocycles. The third-order valence-corrected chi connectivity index (χ3v) is 5.04. The first kappa shape index (κ1) is 20.9. The Morgan fingerprint density at radius 1 is 1.00 bits per heavy atom. The fourth-order valence-corrected chi connectivity index (χ4v) is 3.21. The van der Waals surface area contributed by atoms with Gasteiger partial charge in [0, 0.05) is 13.7 Å². The quantitative estimate of drug-likeness (QED) is 0.492. The van der Waals surface area contributed by atoms with Gasteiger partial charge in [0.15, 0.2) is 0 Å². The maximum atomic E-state index is 12.4. The van der Waals surface area contributed by atoms with Crippen LogP contribution in [-0.2, 0) is 26.0 Å². The third kappa shape index (κ3) is 6.35. The molecule has 0 unspecified atom stereocenters. The van der Waals surface area contributed by atoms with E-state index in [1.165, 1.54) is 24.3 Å². The first-order valence-electron chi connectivity index (χ1n) is 8.44. The zero-order valence-electron chi connectivity index (χ0n) is 15.3. The molecule has 0 aliphatic carbocycles. The number of sulfonamides is 1. The molecule has 0 saturated carbocycles. The fraction of sp³-hybridized carbons (Fsp3) is 0.316. The minimum atomic E-state index is -3.69. The van der Waals surface area contributed by atoms with Crippen molar-refractivity contribution < 1.29 is 27.4 Å². The van der Waals surface area contributed by atoms with Crippen LogP contribution in [0.25, 0.3) is 0 Å². The van der Waals surface area contributed by atoms with Gasteiger partial charge in [-0.25, -0.2) is 17.9 Å². The second kappa shape index (κ2) is 10.1. The molecule has 0 aliphatic rings. The second-order valence-corrected chi connectivity index (χ2v) is 7.32. The summed E-state index contributed by atoms with van der Waals surface area (Å²) in [6, 6.07) is 12.7. The van der Waals surface area contributed by atoms with Gasteiger partial charge in [-0.1, -0.05) is 12.1 Å². The normalized spacial score (nSPS) is 11.2. The van der Waals surface area contributed by atoms with E-state index in [0.29, 0.717) is 24.5 Å². The predicted molar refractivity (Wildman–Crippen MR) is 100 cm³/mol. The van der Waals surface area contributed by atoms with Crippen molar-refractivity contribution in [1.82, 2.24) is 4.72 Å². The van der Waals surface area contributed by atoms with E-state index in [-0.39, 0.29) is 18.0 Å². The maximum absolute atomic E-state index is 12.4. The van der Waals surface area contributed by atoms with Crippen molar-refractivity contribution in [3.05, 3.63) is 59.7 Å². The van der Waals surface area contributed by atoms with Crippen LogP contribution >= 0.6 is 0 Å². The first-order valence-corrected chi connectivity index (χ1v) is 9.92. The molecule has 0 amide bonds. The van der Waals surface area contributed by atoms with Gasteiger partial charge < -0.3 is 14.2 Å². The van der Waals surface area contributed by atoms with E-state index in [2.05, 4.69) is 4.72 Å². The Hall–Kier alpha value is -2.42. The molecule has 1 N–H and O–H groups in total. The highest BCUT2D eigenvalue weighted by atomic mass is 32.2. The Bertz CT molecular complexity index is 832. The highest BCUT2D eigenvalue weighted by Gasteiger charge is 2.15.